The number of sulfonamides is 1. The van der Waals surface area contributed by atoms with Gasteiger partial charge in [-0.05, 0) is 42.8 Å². The van der Waals surface area contributed by atoms with Crippen LogP contribution in [-0.4, -0.2) is 25.1 Å². The molecule has 0 unspecified atom stereocenters. The average molecular weight is 431 g/mol. The van der Waals surface area contributed by atoms with Gasteiger partial charge in [0.1, 0.15) is 5.82 Å². The summed E-state index contributed by atoms with van der Waals surface area (Å²) < 4.78 is 45.4. The van der Waals surface area contributed by atoms with Gasteiger partial charge in [-0.1, -0.05) is 19.1 Å². The maximum absolute atomic E-state index is 13.8. The third kappa shape index (κ3) is 5.90. The van der Waals surface area contributed by atoms with Gasteiger partial charge < -0.3 is 9.73 Å². The summed E-state index contributed by atoms with van der Waals surface area (Å²) in [7, 11) is -3.36. The molecule has 0 saturated heterocycles. The van der Waals surface area contributed by atoms with Crippen molar-refractivity contribution in [1.82, 2.24) is 4.98 Å². The van der Waals surface area contributed by atoms with Crippen molar-refractivity contribution >= 4 is 27.3 Å². The third-order valence-corrected chi connectivity index (χ3v) is 5.67. The third-order valence-electron chi connectivity index (χ3n) is 4.17. The number of halogens is 1. The van der Waals surface area contributed by atoms with Crippen molar-refractivity contribution in [1.29, 1.82) is 0 Å². The molecule has 1 heterocycles. The number of hydrogen-bond donors (Lipinski definition) is 2. The SMILES string of the molecule is CCCS(=O)(=O)Nc1ccc(NC(=O)CCc2ncc(-c3ccccc3F)o2)cc1. The zero-order valence-corrected chi connectivity index (χ0v) is 17.2. The molecular weight excluding hydrogens is 409 g/mol. The van der Waals surface area contributed by atoms with Crippen molar-refractivity contribution < 1.29 is 22.0 Å². The van der Waals surface area contributed by atoms with Crippen molar-refractivity contribution in [3.63, 3.8) is 0 Å². The minimum atomic E-state index is -3.36. The molecular formula is C21H22FN3O4S. The van der Waals surface area contributed by atoms with Crippen molar-refractivity contribution in [3.8, 4) is 11.3 Å². The first-order valence-corrected chi connectivity index (χ1v) is 11.1. The van der Waals surface area contributed by atoms with E-state index in [0.29, 0.717) is 35.0 Å². The summed E-state index contributed by atoms with van der Waals surface area (Å²) in [5.41, 5.74) is 1.29. The molecule has 7 nitrogen and oxygen atoms in total. The van der Waals surface area contributed by atoms with E-state index < -0.39 is 15.8 Å². The summed E-state index contributed by atoms with van der Waals surface area (Å²) in [6.45, 7) is 1.79. The number of aromatic nitrogens is 1. The highest BCUT2D eigenvalue weighted by Crippen LogP contribution is 2.23. The zero-order valence-electron chi connectivity index (χ0n) is 16.4. The Bertz CT molecular complexity index is 1110. The highest BCUT2D eigenvalue weighted by molar-refractivity contribution is 7.92. The lowest BCUT2D eigenvalue weighted by Crippen LogP contribution is -2.16. The number of carbonyl (C=O) groups is 1. The number of anilines is 2. The molecule has 0 bridgehead atoms. The van der Waals surface area contributed by atoms with E-state index in [1.807, 2.05) is 0 Å². The van der Waals surface area contributed by atoms with E-state index in [9.17, 15) is 17.6 Å². The Morgan fingerprint density at radius 1 is 1.10 bits per heavy atom. The quantitative estimate of drug-likeness (QED) is 0.529. The number of hydrogen-bond acceptors (Lipinski definition) is 5. The molecule has 1 amide bonds. The van der Waals surface area contributed by atoms with Crippen molar-refractivity contribution in [2.75, 3.05) is 15.8 Å². The Morgan fingerprint density at radius 3 is 2.50 bits per heavy atom. The molecule has 0 aliphatic heterocycles. The molecule has 3 rings (SSSR count). The van der Waals surface area contributed by atoms with E-state index in [1.165, 1.54) is 12.3 Å². The van der Waals surface area contributed by atoms with E-state index >= 15 is 0 Å². The number of carbonyl (C=O) groups excluding carboxylic acids is 1. The second-order valence-electron chi connectivity index (χ2n) is 6.64. The van der Waals surface area contributed by atoms with Gasteiger partial charge >= 0.3 is 0 Å². The summed E-state index contributed by atoms with van der Waals surface area (Å²) in [6, 6.07) is 12.6. The van der Waals surface area contributed by atoms with Crippen LogP contribution >= 0.6 is 0 Å². The lowest BCUT2D eigenvalue weighted by atomic mass is 10.2. The van der Waals surface area contributed by atoms with Gasteiger partial charge in [-0.25, -0.2) is 17.8 Å². The summed E-state index contributed by atoms with van der Waals surface area (Å²) in [4.78, 5) is 16.3. The van der Waals surface area contributed by atoms with Crippen LogP contribution in [0.2, 0.25) is 0 Å². The normalized spacial score (nSPS) is 11.3. The molecule has 0 atom stereocenters. The fraction of sp³-hybridized carbons (Fsp3) is 0.238. The Hall–Kier alpha value is -3.20. The second kappa shape index (κ2) is 9.53. The highest BCUT2D eigenvalue weighted by Gasteiger charge is 2.12. The average Bonchev–Trinajstić information content (AvgIpc) is 3.17. The predicted octanol–water partition coefficient (Wildman–Crippen LogP) is 4.20. The van der Waals surface area contributed by atoms with Gasteiger partial charge in [-0.15, -0.1) is 0 Å². The topological polar surface area (TPSA) is 101 Å². The molecule has 2 N–H and O–H groups in total. The van der Waals surface area contributed by atoms with Crippen LogP contribution in [0.1, 0.15) is 25.7 Å². The number of nitrogens with zero attached hydrogens (tertiary/aromatic N) is 1. The molecule has 1 aromatic heterocycles. The van der Waals surface area contributed by atoms with E-state index in [-0.39, 0.29) is 24.5 Å². The van der Waals surface area contributed by atoms with Crippen molar-refractivity contribution in [3.05, 3.63) is 66.4 Å². The Balaban J connectivity index is 1.52. The van der Waals surface area contributed by atoms with Crippen molar-refractivity contribution in [2.24, 2.45) is 0 Å². The number of aryl methyl sites for hydroxylation is 1. The molecule has 158 valence electrons. The Kier molecular flexibility index (Phi) is 6.83. The summed E-state index contributed by atoms with van der Waals surface area (Å²) >= 11 is 0. The van der Waals surface area contributed by atoms with Crippen LogP contribution in [0.25, 0.3) is 11.3 Å². The molecule has 0 aliphatic rings. The van der Waals surface area contributed by atoms with Gasteiger partial charge in [0.05, 0.1) is 17.5 Å². The maximum Gasteiger partial charge on any atom is 0.232 e. The van der Waals surface area contributed by atoms with Crippen LogP contribution in [0.5, 0.6) is 0 Å². The molecule has 3 aromatic rings. The molecule has 30 heavy (non-hydrogen) atoms. The van der Waals surface area contributed by atoms with Crippen LogP contribution in [0.15, 0.2) is 59.1 Å². The number of rotatable bonds is 9. The van der Waals surface area contributed by atoms with E-state index in [4.69, 9.17) is 4.42 Å². The van der Waals surface area contributed by atoms with Crippen LogP contribution in [0.4, 0.5) is 15.8 Å². The monoisotopic (exact) mass is 431 g/mol. The number of amides is 1. The van der Waals surface area contributed by atoms with Gasteiger partial charge in [0.2, 0.25) is 15.9 Å². The molecule has 0 aliphatic carbocycles. The highest BCUT2D eigenvalue weighted by atomic mass is 32.2. The van der Waals surface area contributed by atoms with Gasteiger partial charge in [-0.3, -0.25) is 9.52 Å². The fourth-order valence-electron chi connectivity index (χ4n) is 2.78. The fourth-order valence-corrected chi connectivity index (χ4v) is 3.91. The summed E-state index contributed by atoms with van der Waals surface area (Å²) in [5.74, 6) is 0.0392. The van der Waals surface area contributed by atoms with E-state index in [0.717, 1.165) is 0 Å². The molecule has 0 spiro atoms. The van der Waals surface area contributed by atoms with Gasteiger partial charge in [0.25, 0.3) is 0 Å². The first-order valence-electron chi connectivity index (χ1n) is 9.46. The lowest BCUT2D eigenvalue weighted by molar-refractivity contribution is -0.116. The van der Waals surface area contributed by atoms with Gasteiger partial charge in [0, 0.05) is 24.2 Å². The molecule has 0 saturated carbocycles. The zero-order chi connectivity index (χ0) is 21.6. The summed E-state index contributed by atoms with van der Waals surface area (Å²) in [5, 5.41) is 2.73. The number of nitrogens with one attached hydrogen (secondary N) is 2. The van der Waals surface area contributed by atoms with Crippen molar-refractivity contribution in [2.45, 2.75) is 26.2 Å². The van der Waals surface area contributed by atoms with Crippen LogP contribution in [0, 0.1) is 5.82 Å². The predicted molar refractivity (Wildman–Crippen MR) is 113 cm³/mol. The maximum atomic E-state index is 13.8. The standard InChI is InChI=1S/C21H22FN3O4S/c1-2-13-30(27,28)25-16-9-7-15(8-10-16)24-20(26)11-12-21-23-14-19(29-21)17-5-3-4-6-18(17)22/h3-10,14,25H,2,11-13H2,1H3,(H,24,26). The Labute approximate surface area is 174 Å². The van der Waals surface area contributed by atoms with E-state index in [2.05, 4.69) is 15.0 Å². The van der Waals surface area contributed by atoms with Crippen LogP contribution in [-0.2, 0) is 21.2 Å². The number of benzene rings is 2. The first kappa shape index (κ1) is 21.5. The number of oxazole rings is 1. The molecule has 9 heteroatoms. The minimum absolute atomic E-state index is 0.0466. The molecule has 0 radical (unpaired) electrons. The minimum Gasteiger partial charge on any atom is -0.441 e. The van der Waals surface area contributed by atoms with E-state index in [1.54, 1.807) is 49.4 Å². The molecule has 2 aromatic carbocycles. The largest absolute Gasteiger partial charge is 0.441 e. The van der Waals surface area contributed by atoms with Gasteiger partial charge in [-0.2, -0.15) is 0 Å². The second-order valence-corrected chi connectivity index (χ2v) is 8.49. The molecule has 0 fully saturated rings. The van der Waals surface area contributed by atoms with Crippen LogP contribution < -0.4 is 10.0 Å². The van der Waals surface area contributed by atoms with Gasteiger partial charge in [0.15, 0.2) is 11.7 Å². The van der Waals surface area contributed by atoms with Crippen LogP contribution in [0.3, 0.4) is 0 Å². The first-order chi connectivity index (χ1) is 14.4. The lowest BCUT2D eigenvalue weighted by Gasteiger charge is -2.08. The Morgan fingerprint density at radius 2 is 1.80 bits per heavy atom. The smallest absolute Gasteiger partial charge is 0.232 e. The summed E-state index contributed by atoms with van der Waals surface area (Å²) in [6.07, 6.45) is 2.34.